The van der Waals surface area contributed by atoms with Crippen molar-refractivity contribution < 1.29 is 19.1 Å². The van der Waals surface area contributed by atoms with E-state index in [1.54, 1.807) is 29.2 Å². The van der Waals surface area contributed by atoms with Gasteiger partial charge in [-0.15, -0.1) is 0 Å². The Hall–Kier alpha value is -2.73. The van der Waals surface area contributed by atoms with Crippen LogP contribution in [0.1, 0.15) is 36.5 Å². The van der Waals surface area contributed by atoms with Gasteiger partial charge in [0.25, 0.3) is 5.91 Å². The molecule has 1 aliphatic heterocycles. The van der Waals surface area contributed by atoms with Crippen molar-refractivity contribution in [2.45, 2.75) is 26.2 Å². The molecule has 0 saturated carbocycles. The Morgan fingerprint density at radius 2 is 2.00 bits per heavy atom. The van der Waals surface area contributed by atoms with Crippen LogP contribution in [0.25, 0.3) is 0 Å². The number of carbonyl (C=O) groups is 2. The van der Waals surface area contributed by atoms with E-state index in [1.165, 1.54) is 7.11 Å². The van der Waals surface area contributed by atoms with Gasteiger partial charge in [0.2, 0.25) is 5.91 Å². The summed E-state index contributed by atoms with van der Waals surface area (Å²) in [5.74, 6) is 0.660. The van der Waals surface area contributed by atoms with Crippen LogP contribution in [0.4, 0.5) is 11.4 Å². The highest BCUT2D eigenvalue weighted by Crippen LogP contribution is 2.36. The molecule has 0 aliphatic carbocycles. The number of methoxy groups -OCH3 is 1. The predicted octanol–water partition coefficient (Wildman–Crippen LogP) is 4.52. The first-order chi connectivity index (χ1) is 13.5. The Balaban J connectivity index is 1.73. The topological polar surface area (TPSA) is 67.9 Å². The van der Waals surface area contributed by atoms with Crippen LogP contribution in [0.2, 0.25) is 5.02 Å². The first-order valence-electron chi connectivity index (χ1n) is 9.25. The maximum atomic E-state index is 12.6. The van der Waals surface area contributed by atoms with E-state index >= 15 is 0 Å². The van der Waals surface area contributed by atoms with Gasteiger partial charge in [-0.2, -0.15) is 0 Å². The molecule has 1 heterocycles. The number of rotatable bonds is 7. The van der Waals surface area contributed by atoms with Gasteiger partial charge in [-0.1, -0.05) is 18.5 Å². The molecular weight excluding hydrogens is 380 g/mol. The maximum Gasteiger partial charge on any atom is 0.255 e. The number of benzene rings is 2. The highest BCUT2D eigenvalue weighted by Gasteiger charge is 2.21. The van der Waals surface area contributed by atoms with Crippen molar-refractivity contribution in [2.24, 2.45) is 0 Å². The molecule has 0 bridgehead atoms. The molecule has 3 rings (SSSR count). The van der Waals surface area contributed by atoms with Gasteiger partial charge < -0.3 is 19.7 Å². The molecule has 1 aliphatic rings. The van der Waals surface area contributed by atoms with Crippen molar-refractivity contribution in [3.05, 3.63) is 47.0 Å². The molecule has 7 heteroatoms. The maximum absolute atomic E-state index is 12.6. The van der Waals surface area contributed by atoms with Crippen molar-refractivity contribution in [3.8, 4) is 11.5 Å². The zero-order chi connectivity index (χ0) is 20.1. The normalized spacial score (nSPS) is 13.5. The minimum atomic E-state index is -0.313. The van der Waals surface area contributed by atoms with Crippen molar-refractivity contribution >= 4 is 34.8 Å². The predicted molar refractivity (Wildman–Crippen MR) is 110 cm³/mol. The lowest BCUT2D eigenvalue weighted by atomic mass is 10.1. The van der Waals surface area contributed by atoms with Crippen LogP contribution in [-0.4, -0.2) is 32.1 Å². The molecule has 6 nitrogen and oxygen atoms in total. The van der Waals surface area contributed by atoms with E-state index in [-0.39, 0.29) is 11.8 Å². The largest absolute Gasteiger partial charge is 0.493 e. The summed E-state index contributed by atoms with van der Waals surface area (Å²) in [7, 11) is 1.50. The van der Waals surface area contributed by atoms with Crippen molar-refractivity contribution in [3.63, 3.8) is 0 Å². The summed E-state index contributed by atoms with van der Waals surface area (Å²) >= 11 is 6.28. The summed E-state index contributed by atoms with van der Waals surface area (Å²) in [5, 5.41) is 3.15. The zero-order valence-electron chi connectivity index (χ0n) is 16.0. The molecule has 2 amide bonds. The number of ether oxygens (including phenoxy) is 2. The molecule has 0 unspecified atom stereocenters. The third-order valence-electron chi connectivity index (χ3n) is 4.45. The van der Waals surface area contributed by atoms with E-state index < -0.39 is 0 Å². The summed E-state index contributed by atoms with van der Waals surface area (Å²) in [6, 6.07) is 10.4. The number of anilines is 2. The third kappa shape index (κ3) is 4.39. The molecule has 148 valence electrons. The summed E-state index contributed by atoms with van der Waals surface area (Å²) in [6.45, 7) is 3.23. The van der Waals surface area contributed by atoms with Crippen LogP contribution in [0.3, 0.4) is 0 Å². The van der Waals surface area contributed by atoms with Gasteiger partial charge in [0, 0.05) is 29.9 Å². The van der Waals surface area contributed by atoms with Gasteiger partial charge in [-0.05, 0) is 49.2 Å². The fraction of sp³-hybridized carbons (Fsp3) is 0.333. The molecule has 2 aromatic carbocycles. The molecule has 0 aromatic heterocycles. The van der Waals surface area contributed by atoms with E-state index in [2.05, 4.69) is 5.32 Å². The molecule has 0 atom stereocenters. The molecule has 1 N–H and O–H groups in total. The van der Waals surface area contributed by atoms with Crippen molar-refractivity contribution in [1.29, 1.82) is 0 Å². The van der Waals surface area contributed by atoms with E-state index in [4.69, 9.17) is 21.1 Å². The Morgan fingerprint density at radius 3 is 2.61 bits per heavy atom. The minimum Gasteiger partial charge on any atom is -0.493 e. The Labute approximate surface area is 169 Å². The summed E-state index contributed by atoms with van der Waals surface area (Å²) < 4.78 is 10.9. The minimum absolute atomic E-state index is 0.129. The average Bonchev–Trinajstić information content (AvgIpc) is 3.13. The number of nitrogens with one attached hydrogen (secondary N) is 1. The van der Waals surface area contributed by atoms with Gasteiger partial charge in [0.15, 0.2) is 11.5 Å². The lowest BCUT2D eigenvalue weighted by molar-refractivity contribution is -0.117. The second-order valence-electron chi connectivity index (χ2n) is 6.49. The van der Waals surface area contributed by atoms with Gasteiger partial charge >= 0.3 is 0 Å². The fourth-order valence-corrected chi connectivity index (χ4v) is 3.31. The SMILES string of the molecule is CCCOc1c(Cl)cc(C(=O)Nc2ccc(N3CCCC3=O)cc2)cc1OC. The highest BCUT2D eigenvalue weighted by molar-refractivity contribution is 6.32. The van der Waals surface area contributed by atoms with E-state index in [0.29, 0.717) is 40.8 Å². The Morgan fingerprint density at radius 1 is 1.25 bits per heavy atom. The van der Waals surface area contributed by atoms with Gasteiger partial charge in [-0.3, -0.25) is 9.59 Å². The van der Waals surface area contributed by atoms with Crippen LogP contribution >= 0.6 is 11.6 Å². The van der Waals surface area contributed by atoms with Gasteiger partial charge in [0.05, 0.1) is 18.7 Å². The Bertz CT molecular complexity index is 867. The molecular formula is C21H23ClN2O4. The monoisotopic (exact) mass is 402 g/mol. The summed E-state index contributed by atoms with van der Waals surface area (Å²) in [4.78, 5) is 26.2. The first-order valence-corrected chi connectivity index (χ1v) is 9.63. The number of halogens is 1. The van der Waals surface area contributed by atoms with Gasteiger partial charge in [-0.25, -0.2) is 0 Å². The number of carbonyl (C=O) groups excluding carboxylic acids is 2. The lowest BCUT2D eigenvalue weighted by Gasteiger charge is -2.16. The molecule has 28 heavy (non-hydrogen) atoms. The summed E-state index contributed by atoms with van der Waals surface area (Å²) in [6.07, 6.45) is 2.29. The number of hydrogen-bond donors (Lipinski definition) is 1. The second kappa shape index (κ2) is 8.97. The van der Waals surface area contributed by atoms with E-state index in [1.807, 2.05) is 19.1 Å². The van der Waals surface area contributed by atoms with E-state index in [9.17, 15) is 9.59 Å². The van der Waals surface area contributed by atoms with Crippen LogP contribution in [0.15, 0.2) is 36.4 Å². The standard InChI is InChI=1S/C21H23ClN2O4/c1-3-11-28-20-17(22)12-14(13-18(20)27-2)21(26)23-15-6-8-16(9-7-15)24-10-4-5-19(24)25/h6-9,12-13H,3-5,10-11H2,1-2H3,(H,23,26). The van der Waals surface area contributed by atoms with Crippen LogP contribution in [0, 0.1) is 0 Å². The number of hydrogen-bond acceptors (Lipinski definition) is 4. The average molecular weight is 403 g/mol. The molecule has 0 radical (unpaired) electrons. The molecule has 1 saturated heterocycles. The molecule has 1 fully saturated rings. The Kier molecular flexibility index (Phi) is 6.41. The number of nitrogens with zero attached hydrogens (tertiary/aromatic N) is 1. The van der Waals surface area contributed by atoms with Gasteiger partial charge in [0.1, 0.15) is 0 Å². The molecule has 2 aromatic rings. The van der Waals surface area contributed by atoms with Crippen LogP contribution in [0.5, 0.6) is 11.5 Å². The number of amides is 2. The van der Waals surface area contributed by atoms with Crippen LogP contribution < -0.4 is 19.7 Å². The zero-order valence-corrected chi connectivity index (χ0v) is 16.7. The smallest absolute Gasteiger partial charge is 0.255 e. The summed E-state index contributed by atoms with van der Waals surface area (Å²) in [5.41, 5.74) is 1.83. The highest BCUT2D eigenvalue weighted by atomic mass is 35.5. The molecule has 0 spiro atoms. The quantitative estimate of drug-likeness (QED) is 0.739. The van der Waals surface area contributed by atoms with Crippen molar-refractivity contribution in [1.82, 2.24) is 0 Å². The second-order valence-corrected chi connectivity index (χ2v) is 6.90. The third-order valence-corrected chi connectivity index (χ3v) is 4.73. The first kappa shape index (κ1) is 20.0. The van der Waals surface area contributed by atoms with Crippen molar-refractivity contribution in [2.75, 3.05) is 30.5 Å². The lowest BCUT2D eigenvalue weighted by Crippen LogP contribution is -2.23. The van der Waals surface area contributed by atoms with Crippen LogP contribution in [-0.2, 0) is 4.79 Å². The van der Waals surface area contributed by atoms with E-state index in [0.717, 1.165) is 25.1 Å². The fourth-order valence-electron chi connectivity index (χ4n) is 3.04.